The number of ether oxygens (including phenoxy) is 2. The molecule has 0 saturated heterocycles. The number of rotatable bonds is 6. The summed E-state index contributed by atoms with van der Waals surface area (Å²) >= 11 is 0. The highest BCUT2D eigenvalue weighted by atomic mass is 16.5. The molecule has 0 spiro atoms. The largest absolute Gasteiger partial charge is 0.493 e. The Morgan fingerprint density at radius 1 is 1.24 bits per heavy atom. The second-order valence-corrected chi connectivity index (χ2v) is 6.89. The number of nitrogens with one attached hydrogen (secondary N) is 1. The van der Waals surface area contributed by atoms with Crippen molar-refractivity contribution in [1.29, 1.82) is 0 Å². The summed E-state index contributed by atoms with van der Waals surface area (Å²) in [6.07, 6.45) is 4.97. The van der Waals surface area contributed by atoms with Gasteiger partial charge in [-0.15, -0.1) is 0 Å². The average molecular weight is 291 g/mol. The molecule has 0 aromatic heterocycles. The van der Waals surface area contributed by atoms with E-state index in [1.807, 2.05) is 6.07 Å². The van der Waals surface area contributed by atoms with Crippen LogP contribution in [0.4, 0.5) is 0 Å². The van der Waals surface area contributed by atoms with Gasteiger partial charge in [0.15, 0.2) is 11.5 Å². The van der Waals surface area contributed by atoms with Gasteiger partial charge < -0.3 is 14.8 Å². The van der Waals surface area contributed by atoms with Gasteiger partial charge in [0.25, 0.3) is 0 Å². The van der Waals surface area contributed by atoms with Crippen molar-refractivity contribution in [2.24, 2.45) is 5.41 Å². The molecule has 1 aliphatic carbocycles. The molecule has 0 bridgehead atoms. The predicted molar refractivity (Wildman–Crippen MR) is 87.3 cm³/mol. The van der Waals surface area contributed by atoms with Gasteiger partial charge in [-0.2, -0.15) is 0 Å². The van der Waals surface area contributed by atoms with Gasteiger partial charge >= 0.3 is 0 Å². The lowest BCUT2D eigenvalue weighted by atomic mass is 9.87. The molecular weight excluding hydrogens is 262 g/mol. The Kier molecular flexibility index (Phi) is 5.15. The zero-order valence-corrected chi connectivity index (χ0v) is 14.0. The van der Waals surface area contributed by atoms with Crippen molar-refractivity contribution in [3.8, 4) is 11.5 Å². The maximum Gasteiger partial charge on any atom is 0.160 e. The topological polar surface area (TPSA) is 30.5 Å². The van der Waals surface area contributed by atoms with E-state index in [1.165, 1.54) is 24.8 Å². The summed E-state index contributed by atoms with van der Waals surface area (Å²) < 4.78 is 10.7. The number of methoxy groups -OCH3 is 2. The maximum absolute atomic E-state index is 5.38. The molecule has 2 unspecified atom stereocenters. The van der Waals surface area contributed by atoms with Crippen molar-refractivity contribution in [3.63, 3.8) is 0 Å². The molecule has 2 rings (SSSR count). The average Bonchev–Trinajstić information content (AvgIpc) is 2.77. The third-order valence-electron chi connectivity index (χ3n) is 4.73. The fourth-order valence-electron chi connectivity index (χ4n) is 3.40. The van der Waals surface area contributed by atoms with Gasteiger partial charge in [-0.25, -0.2) is 0 Å². The van der Waals surface area contributed by atoms with Crippen LogP contribution in [0.1, 0.15) is 45.6 Å². The van der Waals surface area contributed by atoms with Crippen molar-refractivity contribution >= 4 is 0 Å². The highest BCUT2D eigenvalue weighted by molar-refractivity contribution is 5.43. The molecule has 1 saturated carbocycles. The maximum atomic E-state index is 5.38. The number of benzene rings is 1. The van der Waals surface area contributed by atoms with Crippen LogP contribution in [-0.2, 0) is 6.42 Å². The van der Waals surface area contributed by atoms with Crippen LogP contribution in [0.3, 0.4) is 0 Å². The molecule has 0 amide bonds. The van der Waals surface area contributed by atoms with E-state index in [-0.39, 0.29) is 0 Å². The minimum absolute atomic E-state index is 0.422. The molecule has 3 heteroatoms. The molecular formula is C18H29NO2. The fourth-order valence-corrected chi connectivity index (χ4v) is 3.40. The van der Waals surface area contributed by atoms with E-state index in [1.54, 1.807) is 14.2 Å². The van der Waals surface area contributed by atoms with Gasteiger partial charge in [0.1, 0.15) is 0 Å². The molecule has 1 aliphatic rings. The van der Waals surface area contributed by atoms with Crippen LogP contribution in [0.25, 0.3) is 0 Å². The first-order chi connectivity index (χ1) is 9.96. The van der Waals surface area contributed by atoms with E-state index < -0.39 is 0 Å². The van der Waals surface area contributed by atoms with Gasteiger partial charge in [0, 0.05) is 12.1 Å². The van der Waals surface area contributed by atoms with Gasteiger partial charge in [-0.3, -0.25) is 0 Å². The van der Waals surface area contributed by atoms with E-state index in [2.05, 4.69) is 38.2 Å². The highest BCUT2D eigenvalue weighted by Crippen LogP contribution is 2.37. The Bertz CT molecular complexity index is 470. The van der Waals surface area contributed by atoms with E-state index in [9.17, 15) is 0 Å². The lowest BCUT2D eigenvalue weighted by Gasteiger charge is -2.31. The molecule has 2 atom stereocenters. The van der Waals surface area contributed by atoms with Crippen molar-refractivity contribution in [2.45, 2.75) is 58.5 Å². The molecule has 0 aliphatic heterocycles. The molecule has 1 aromatic rings. The summed E-state index contributed by atoms with van der Waals surface area (Å²) in [5.41, 5.74) is 1.70. The van der Waals surface area contributed by atoms with Crippen LogP contribution in [0.5, 0.6) is 11.5 Å². The second-order valence-electron chi connectivity index (χ2n) is 6.89. The summed E-state index contributed by atoms with van der Waals surface area (Å²) in [5, 5.41) is 3.81. The molecule has 3 nitrogen and oxygen atoms in total. The first kappa shape index (κ1) is 16.2. The summed E-state index contributed by atoms with van der Waals surface area (Å²) in [4.78, 5) is 0. The Morgan fingerprint density at radius 3 is 2.52 bits per heavy atom. The van der Waals surface area contributed by atoms with E-state index in [0.717, 1.165) is 17.9 Å². The lowest BCUT2D eigenvalue weighted by Crippen LogP contribution is -2.43. The summed E-state index contributed by atoms with van der Waals surface area (Å²) in [5.74, 6) is 1.60. The molecule has 21 heavy (non-hydrogen) atoms. The monoisotopic (exact) mass is 291 g/mol. The van der Waals surface area contributed by atoms with E-state index in [4.69, 9.17) is 9.47 Å². The van der Waals surface area contributed by atoms with Crippen LogP contribution in [-0.4, -0.2) is 26.3 Å². The Balaban J connectivity index is 1.98. The highest BCUT2D eigenvalue weighted by Gasteiger charge is 2.34. The predicted octanol–water partition coefficient (Wildman–Crippen LogP) is 3.80. The quantitative estimate of drug-likeness (QED) is 0.864. The molecule has 118 valence electrons. The van der Waals surface area contributed by atoms with Crippen molar-refractivity contribution in [3.05, 3.63) is 23.8 Å². The van der Waals surface area contributed by atoms with Crippen molar-refractivity contribution in [1.82, 2.24) is 5.32 Å². The molecule has 1 aromatic carbocycles. The minimum Gasteiger partial charge on any atom is -0.493 e. The zero-order valence-electron chi connectivity index (χ0n) is 14.0. The number of hydrogen-bond donors (Lipinski definition) is 1. The van der Waals surface area contributed by atoms with E-state index >= 15 is 0 Å². The summed E-state index contributed by atoms with van der Waals surface area (Å²) in [7, 11) is 3.36. The molecule has 1 N–H and O–H groups in total. The van der Waals surface area contributed by atoms with Gasteiger partial charge in [-0.05, 0) is 49.3 Å². The van der Waals surface area contributed by atoms with Crippen LogP contribution in [0, 0.1) is 5.41 Å². The van der Waals surface area contributed by atoms with Crippen LogP contribution in [0.2, 0.25) is 0 Å². The first-order valence-electron chi connectivity index (χ1n) is 7.93. The standard InChI is InChI=1S/C18H29NO2/c1-13(19-17-7-6-10-18(17,2)3)11-14-8-9-15(20-4)16(12-14)21-5/h8-9,12-13,17,19H,6-7,10-11H2,1-5H3. The summed E-state index contributed by atoms with van der Waals surface area (Å²) in [6.45, 7) is 7.02. The SMILES string of the molecule is COc1ccc(CC(C)NC2CCCC2(C)C)cc1OC. The minimum atomic E-state index is 0.422. The van der Waals surface area contributed by atoms with Crippen LogP contribution < -0.4 is 14.8 Å². The summed E-state index contributed by atoms with van der Waals surface area (Å²) in [6, 6.07) is 7.29. The molecule has 0 radical (unpaired) electrons. The van der Waals surface area contributed by atoms with Gasteiger partial charge in [0.2, 0.25) is 0 Å². The van der Waals surface area contributed by atoms with Crippen LogP contribution in [0.15, 0.2) is 18.2 Å². The lowest BCUT2D eigenvalue weighted by molar-refractivity contribution is 0.264. The third kappa shape index (κ3) is 3.91. The number of hydrogen-bond acceptors (Lipinski definition) is 3. The second kappa shape index (κ2) is 6.69. The molecule has 0 heterocycles. The smallest absolute Gasteiger partial charge is 0.160 e. The third-order valence-corrected chi connectivity index (χ3v) is 4.73. The van der Waals surface area contributed by atoms with Gasteiger partial charge in [-0.1, -0.05) is 26.3 Å². The Labute approximate surface area is 129 Å². The molecule has 1 fully saturated rings. The first-order valence-corrected chi connectivity index (χ1v) is 7.93. The normalized spacial score (nSPS) is 22.0. The Hall–Kier alpha value is -1.22. The Morgan fingerprint density at radius 2 is 1.95 bits per heavy atom. The van der Waals surface area contributed by atoms with Crippen molar-refractivity contribution < 1.29 is 9.47 Å². The van der Waals surface area contributed by atoms with Gasteiger partial charge in [0.05, 0.1) is 14.2 Å². The zero-order chi connectivity index (χ0) is 15.5. The van der Waals surface area contributed by atoms with E-state index in [0.29, 0.717) is 17.5 Å². The fraction of sp³-hybridized carbons (Fsp3) is 0.667. The van der Waals surface area contributed by atoms with Crippen molar-refractivity contribution in [2.75, 3.05) is 14.2 Å². The van der Waals surface area contributed by atoms with Crippen LogP contribution >= 0.6 is 0 Å².